The van der Waals surface area contributed by atoms with Gasteiger partial charge in [-0.3, -0.25) is 9.59 Å². The lowest BCUT2D eigenvalue weighted by atomic mass is 10.2. The number of amides is 2. The molecule has 0 heterocycles. The van der Waals surface area contributed by atoms with Gasteiger partial charge in [0, 0.05) is 0 Å². The Morgan fingerprint density at radius 1 is 0.750 bits per heavy atom. The van der Waals surface area contributed by atoms with E-state index in [9.17, 15) is 18.4 Å². The van der Waals surface area contributed by atoms with Gasteiger partial charge in [-0.25, -0.2) is 8.78 Å². The Balaban J connectivity index is 1.64. The average Bonchev–Trinajstić information content (AvgIpc) is 2.67. The Morgan fingerprint density at radius 2 is 1.36 bits per heavy atom. The summed E-state index contributed by atoms with van der Waals surface area (Å²) in [6, 6.07) is 18.9. The molecule has 142 valence electrons. The van der Waals surface area contributed by atoms with Gasteiger partial charge < -0.3 is 15.4 Å². The van der Waals surface area contributed by atoms with Gasteiger partial charge in [0.1, 0.15) is 29.5 Å². The quantitative estimate of drug-likeness (QED) is 0.606. The van der Waals surface area contributed by atoms with Crippen molar-refractivity contribution in [2.75, 3.05) is 10.6 Å². The lowest BCUT2D eigenvalue weighted by Crippen LogP contribution is -2.22. The molecule has 0 aliphatic carbocycles. The molecule has 28 heavy (non-hydrogen) atoms. The van der Waals surface area contributed by atoms with E-state index in [0.717, 1.165) is 12.1 Å². The number of anilines is 2. The summed E-state index contributed by atoms with van der Waals surface area (Å²) in [4.78, 5) is 24.1. The SMILES string of the molecule is O=C(CC(=O)Nc1c(F)cccc1F)Nc1ccccc1Oc1ccccc1. The van der Waals surface area contributed by atoms with Crippen LogP contribution in [0, 0.1) is 11.6 Å². The number of rotatable bonds is 6. The fraction of sp³-hybridized carbons (Fsp3) is 0.0476. The number of para-hydroxylation sites is 4. The largest absolute Gasteiger partial charge is 0.455 e. The summed E-state index contributed by atoms with van der Waals surface area (Å²) in [5.74, 6) is -2.37. The molecule has 0 saturated carbocycles. The summed E-state index contributed by atoms with van der Waals surface area (Å²) >= 11 is 0. The van der Waals surface area contributed by atoms with Crippen LogP contribution in [-0.4, -0.2) is 11.8 Å². The Kier molecular flexibility index (Phi) is 5.96. The highest BCUT2D eigenvalue weighted by atomic mass is 19.1. The number of hydrogen-bond acceptors (Lipinski definition) is 3. The molecule has 0 unspecified atom stereocenters. The molecule has 0 aromatic heterocycles. The highest BCUT2D eigenvalue weighted by molar-refractivity contribution is 6.08. The lowest BCUT2D eigenvalue weighted by Gasteiger charge is -2.12. The fourth-order valence-corrected chi connectivity index (χ4v) is 2.42. The van der Waals surface area contributed by atoms with E-state index in [0.29, 0.717) is 17.2 Å². The Bertz CT molecular complexity index is 974. The minimum absolute atomic E-state index is 0.362. The van der Waals surface area contributed by atoms with Gasteiger partial charge in [0.05, 0.1) is 5.69 Å². The van der Waals surface area contributed by atoms with Gasteiger partial charge in [0.25, 0.3) is 0 Å². The van der Waals surface area contributed by atoms with E-state index < -0.39 is 35.6 Å². The van der Waals surface area contributed by atoms with E-state index in [1.807, 2.05) is 18.2 Å². The average molecular weight is 382 g/mol. The van der Waals surface area contributed by atoms with Crippen molar-refractivity contribution < 1.29 is 23.1 Å². The fourth-order valence-electron chi connectivity index (χ4n) is 2.42. The van der Waals surface area contributed by atoms with Gasteiger partial charge in [-0.05, 0) is 36.4 Å². The van der Waals surface area contributed by atoms with Crippen molar-refractivity contribution in [1.29, 1.82) is 0 Å². The van der Waals surface area contributed by atoms with Crippen LogP contribution < -0.4 is 15.4 Å². The van der Waals surface area contributed by atoms with Crippen molar-refractivity contribution in [3.8, 4) is 11.5 Å². The molecular formula is C21H16F2N2O3. The molecule has 0 bridgehead atoms. The van der Waals surface area contributed by atoms with Crippen molar-refractivity contribution in [3.63, 3.8) is 0 Å². The third-order valence-electron chi connectivity index (χ3n) is 3.68. The molecule has 3 rings (SSSR count). The molecule has 2 N–H and O–H groups in total. The molecule has 0 aliphatic rings. The number of carbonyl (C=O) groups excluding carboxylic acids is 2. The molecule has 3 aromatic carbocycles. The lowest BCUT2D eigenvalue weighted by molar-refractivity contribution is -0.123. The summed E-state index contributed by atoms with van der Waals surface area (Å²) in [6.07, 6.45) is -0.618. The predicted molar refractivity (Wildman–Crippen MR) is 101 cm³/mol. The van der Waals surface area contributed by atoms with Crippen molar-refractivity contribution in [1.82, 2.24) is 0 Å². The van der Waals surface area contributed by atoms with E-state index in [2.05, 4.69) is 10.6 Å². The van der Waals surface area contributed by atoms with Crippen molar-refractivity contribution in [2.45, 2.75) is 6.42 Å². The van der Waals surface area contributed by atoms with E-state index in [-0.39, 0.29) is 0 Å². The number of nitrogens with one attached hydrogen (secondary N) is 2. The molecule has 7 heteroatoms. The molecule has 0 spiro atoms. The van der Waals surface area contributed by atoms with Crippen LogP contribution in [0.1, 0.15) is 6.42 Å². The third-order valence-corrected chi connectivity index (χ3v) is 3.68. The molecule has 0 aliphatic heterocycles. The van der Waals surface area contributed by atoms with Crippen LogP contribution in [-0.2, 0) is 9.59 Å². The highest BCUT2D eigenvalue weighted by Gasteiger charge is 2.16. The zero-order valence-corrected chi connectivity index (χ0v) is 14.6. The Hall–Kier alpha value is -3.74. The van der Waals surface area contributed by atoms with Crippen LogP contribution in [0.3, 0.4) is 0 Å². The van der Waals surface area contributed by atoms with Gasteiger partial charge in [0.15, 0.2) is 5.75 Å². The molecular weight excluding hydrogens is 366 g/mol. The number of benzene rings is 3. The van der Waals surface area contributed by atoms with Crippen LogP contribution in [0.5, 0.6) is 11.5 Å². The molecule has 0 fully saturated rings. The Labute approximate surface area is 160 Å². The molecule has 3 aromatic rings. The molecule has 0 atom stereocenters. The summed E-state index contributed by atoms with van der Waals surface area (Å²) in [5, 5.41) is 4.63. The minimum atomic E-state index is -0.921. The van der Waals surface area contributed by atoms with Crippen LogP contribution in [0.15, 0.2) is 72.8 Å². The van der Waals surface area contributed by atoms with E-state index in [1.54, 1.807) is 36.4 Å². The van der Waals surface area contributed by atoms with Crippen LogP contribution in [0.2, 0.25) is 0 Å². The summed E-state index contributed by atoms with van der Waals surface area (Å²) < 4.78 is 32.9. The number of halogens is 2. The maximum Gasteiger partial charge on any atom is 0.233 e. The first-order valence-corrected chi connectivity index (χ1v) is 8.38. The summed E-state index contributed by atoms with van der Waals surface area (Å²) in [7, 11) is 0. The maximum atomic E-state index is 13.6. The van der Waals surface area contributed by atoms with E-state index in [1.165, 1.54) is 6.07 Å². The van der Waals surface area contributed by atoms with Gasteiger partial charge in [-0.1, -0.05) is 36.4 Å². The molecule has 2 amide bonds. The van der Waals surface area contributed by atoms with Gasteiger partial charge in [0.2, 0.25) is 11.8 Å². The second-order valence-electron chi connectivity index (χ2n) is 5.78. The first-order valence-electron chi connectivity index (χ1n) is 8.38. The number of hydrogen-bond donors (Lipinski definition) is 2. The summed E-state index contributed by atoms with van der Waals surface area (Å²) in [5.41, 5.74) is -0.227. The second-order valence-corrected chi connectivity index (χ2v) is 5.78. The molecule has 0 radical (unpaired) electrons. The summed E-state index contributed by atoms with van der Waals surface area (Å²) in [6.45, 7) is 0. The van der Waals surface area contributed by atoms with Crippen LogP contribution in [0.25, 0.3) is 0 Å². The monoisotopic (exact) mass is 382 g/mol. The van der Waals surface area contributed by atoms with Crippen LogP contribution in [0.4, 0.5) is 20.2 Å². The number of ether oxygens (including phenoxy) is 1. The van der Waals surface area contributed by atoms with E-state index in [4.69, 9.17) is 4.74 Å². The second kappa shape index (κ2) is 8.77. The molecule has 0 saturated heterocycles. The number of carbonyl (C=O) groups is 2. The topological polar surface area (TPSA) is 67.4 Å². The smallest absolute Gasteiger partial charge is 0.233 e. The zero-order valence-electron chi connectivity index (χ0n) is 14.6. The van der Waals surface area contributed by atoms with Crippen molar-refractivity contribution >= 4 is 23.2 Å². The van der Waals surface area contributed by atoms with Crippen molar-refractivity contribution in [2.24, 2.45) is 0 Å². The first-order chi connectivity index (χ1) is 13.5. The van der Waals surface area contributed by atoms with E-state index >= 15 is 0 Å². The van der Waals surface area contributed by atoms with Gasteiger partial charge >= 0.3 is 0 Å². The normalized spacial score (nSPS) is 10.2. The predicted octanol–water partition coefficient (Wildman–Crippen LogP) is 4.72. The Morgan fingerprint density at radius 3 is 2.07 bits per heavy atom. The highest BCUT2D eigenvalue weighted by Crippen LogP contribution is 2.29. The van der Waals surface area contributed by atoms with Crippen molar-refractivity contribution in [3.05, 3.63) is 84.4 Å². The van der Waals surface area contributed by atoms with Gasteiger partial charge in [-0.2, -0.15) is 0 Å². The standard InChI is InChI=1S/C21H16F2N2O3/c22-15-9-6-10-16(23)21(15)25-20(27)13-19(26)24-17-11-4-5-12-18(17)28-14-7-2-1-3-8-14/h1-12H,13H2,(H,24,26)(H,25,27). The van der Waals surface area contributed by atoms with Gasteiger partial charge in [-0.15, -0.1) is 0 Å². The minimum Gasteiger partial charge on any atom is -0.455 e. The van der Waals surface area contributed by atoms with Crippen LogP contribution >= 0.6 is 0 Å². The third kappa shape index (κ3) is 4.91. The molecule has 5 nitrogen and oxygen atoms in total. The maximum absolute atomic E-state index is 13.6. The zero-order chi connectivity index (χ0) is 19.9. The first kappa shape index (κ1) is 19.0.